The van der Waals surface area contributed by atoms with Gasteiger partial charge in [0.05, 0.1) is 5.56 Å². The summed E-state index contributed by atoms with van der Waals surface area (Å²) < 4.78 is 18.6. The van der Waals surface area contributed by atoms with Crippen LogP contribution in [0.15, 0.2) is 42.5 Å². The Morgan fingerprint density at radius 1 is 1.16 bits per heavy atom. The second-order valence-corrected chi connectivity index (χ2v) is 4.30. The predicted octanol–water partition coefficient (Wildman–Crippen LogP) is 4.38. The first kappa shape index (κ1) is 13.3. The maximum absolute atomic E-state index is 13.0. The van der Waals surface area contributed by atoms with Crippen LogP contribution in [0.3, 0.4) is 0 Å². The highest BCUT2D eigenvalue weighted by Gasteiger charge is 2.06. The van der Waals surface area contributed by atoms with Gasteiger partial charge >= 0.3 is 0 Å². The molecule has 0 spiro atoms. The molecule has 0 unspecified atom stereocenters. The van der Waals surface area contributed by atoms with Gasteiger partial charge in [-0.2, -0.15) is 0 Å². The van der Waals surface area contributed by atoms with Crippen molar-refractivity contribution in [3.05, 3.63) is 59.4 Å². The van der Waals surface area contributed by atoms with E-state index < -0.39 is 5.82 Å². The minimum atomic E-state index is -0.451. The van der Waals surface area contributed by atoms with E-state index in [-0.39, 0.29) is 5.56 Å². The van der Waals surface area contributed by atoms with Crippen LogP contribution in [0.1, 0.15) is 29.3 Å². The number of aldehydes is 1. The first-order valence-corrected chi connectivity index (χ1v) is 6.24. The van der Waals surface area contributed by atoms with Crippen LogP contribution in [0.4, 0.5) is 4.39 Å². The van der Waals surface area contributed by atoms with Gasteiger partial charge in [-0.25, -0.2) is 4.39 Å². The van der Waals surface area contributed by atoms with Crippen LogP contribution in [0, 0.1) is 5.82 Å². The Labute approximate surface area is 111 Å². The number of hydrogen-bond acceptors (Lipinski definition) is 2. The third-order valence-corrected chi connectivity index (χ3v) is 2.79. The summed E-state index contributed by atoms with van der Waals surface area (Å²) >= 11 is 0. The number of benzene rings is 2. The molecule has 0 amide bonds. The third-order valence-electron chi connectivity index (χ3n) is 2.79. The molecule has 0 saturated carbocycles. The van der Waals surface area contributed by atoms with Gasteiger partial charge in [0.15, 0.2) is 6.29 Å². The molecule has 0 heterocycles. The average molecular weight is 258 g/mol. The Hall–Kier alpha value is -2.16. The molecule has 98 valence electrons. The smallest absolute Gasteiger partial charge is 0.153 e. The lowest BCUT2D eigenvalue weighted by Gasteiger charge is -2.08. The molecule has 2 aromatic rings. The number of carbonyl (C=O) groups is 1. The van der Waals surface area contributed by atoms with Gasteiger partial charge in [-0.3, -0.25) is 4.79 Å². The lowest BCUT2D eigenvalue weighted by Crippen LogP contribution is -1.92. The zero-order valence-electron chi connectivity index (χ0n) is 10.7. The van der Waals surface area contributed by atoms with Gasteiger partial charge in [-0.1, -0.05) is 25.5 Å². The highest BCUT2D eigenvalue weighted by molar-refractivity contribution is 5.79. The van der Waals surface area contributed by atoms with E-state index in [1.54, 1.807) is 0 Å². The normalized spacial score (nSPS) is 10.2. The van der Waals surface area contributed by atoms with Crippen molar-refractivity contribution < 1.29 is 13.9 Å². The molecule has 0 aliphatic rings. The molecule has 3 heteroatoms. The van der Waals surface area contributed by atoms with Crippen molar-refractivity contribution in [1.29, 1.82) is 0 Å². The largest absolute Gasteiger partial charge is 0.457 e. The fourth-order valence-corrected chi connectivity index (χ4v) is 1.84. The molecule has 0 aliphatic heterocycles. The van der Waals surface area contributed by atoms with Crippen molar-refractivity contribution in [1.82, 2.24) is 0 Å². The molecule has 2 rings (SSSR count). The molecule has 0 bridgehead atoms. The van der Waals surface area contributed by atoms with E-state index >= 15 is 0 Å². The summed E-state index contributed by atoms with van der Waals surface area (Å²) in [5.74, 6) is 0.543. The first-order valence-electron chi connectivity index (χ1n) is 6.24. The zero-order chi connectivity index (χ0) is 13.7. The summed E-state index contributed by atoms with van der Waals surface area (Å²) in [5.41, 5.74) is 1.45. The van der Waals surface area contributed by atoms with E-state index in [0.717, 1.165) is 18.9 Å². The Bertz CT molecular complexity index is 561. The van der Waals surface area contributed by atoms with E-state index in [0.29, 0.717) is 17.8 Å². The number of carbonyl (C=O) groups excluding carboxylic acids is 1. The molecule has 0 aliphatic carbocycles. The van der Waals surface area contributed by atoms with Gasteiger partial charge in [-0.15, -0.1) is 0 Å². The molecule has 0 atom stereocenters. The lowest BCUT2D eigenvalue weighted by atomic mass is 10.1. The summed E-state index contributed by atoms with van der Waals surface area (Å²) in [6.45, 7) is 2.12. The number of hydrogen-bond donors (Lipinski definition) is 0. The van der Waals surface area contributed by atoms with Crippen LogP contribution < -0.4 is 4.74 Å². The van der Waals surface area contributed by atoms with Crippen molar-refractivity contribution in [2.75, 3.05) is 0 Å². The number of ether oxygens (including phenoxy) is 1. The standard InChI is InChI=1S/C16H15FO2/c1-2-3-12-4-7-15(8-5-12)19-16-9-6-14(17)10-13(16)11-18/h4-11H,2-3H2,1H3. The molecule has 0 aromatic heterocycles. The Morgan fingerprint density at radius 2 is 1.89 bits per heavy atom. The molecule has 0 fully saturated rings. The highest BCUT2D eigenvalue weighted by Crippen LogP contribution is 2.25. The average Bonchev–Trinajstić information content (AvgIpc) is 2.43. The van der Waals surface area contributed by atoms with Gasteiger partial charge in [0.25, 0.3) is 0 Å². The predicted molar refractivity (Wildman–Crippen MR) is 72.3 cm³/mol. The van der Waals surface area contributed by atoms with E-state index in [9.17, 15) is 9.18 Å². The fraction of sp³-hybridized carbons (Fsp3) is 0.188. The van der Waals surface area contributed by atoms with Gasteiger partial charge in [0.1, 0.15) is 17.3 Å². The molecule has 2 aromatic carbocycles. The van der Waals surface area contributed by atoms with Crippen LogP contribution in [-0.4, -0.2) is 6.29 Å². The Kier molecular flexibility index (Phi) is 4.29. The van der Waals surface area contributed by atoms with Crippen molar-refractivity contribution in [2.45, 2.75) is 19.8 Å². The minimum absolute atomic E-state index is 0.206. The Morgan fingerprint density at radius 3 is 2.53 bits per heavy atom. The summed E-state index contributed by atoms with van der Waals surface area (Å²) in [7, 11) is 0. The molecule has 2 nitrogen and oxygen atoms in total. The van der Waals surface area contributed by atoms with Crippen LogP contribution in [-0.2, 0) is 6.42 Å². The fourth-order valence-electron chi connectivity index (χ4n) is 1.84. The van der Waals surface area contributed by atoms with Gasteiger partial charge in [0, 0.05) is 0 Å². The molecular weight excluding hydrogens is 243 g/mol. The van der Waals surface area contributed by atoms with Crippen LogP contribution in [0.2, 0.25) is 0 Å². The van der Waals surface area contributed by atoms with Crippen molar-refractivity contribution in [3.63, 3.8) is 0 Å². The maximum Gasteiger partial charge on any atom is 0.153 e. The number of rotatable bonds is 5. The summed E-state index contributed by atoms with van der Waals surface area (Å²) in [6, 6.07) is 11.6. The molecular formula is C16H15FO2. The maximum atomic E-state index is 13.0. The molecule has 19 heavy (non-hydrogen) atoms. The van der Waals surface area contributed by atoms with Crippen molar-refractivity contribution in [3.8, 4) is 11.5 Å². The van der Waals surface area contributed by atoms with E-state index in [1.165, 1.54) is 17.7 Å². The van der Waals surface area contributed by atoms with Crippen molar-refractivity contribution in [2.24, 2.45) is 0 Å². The summed E-state index contributed by atoms with van der Waals surface area (Å²) in [6.07, 6.45) is 2.70. The summed E-state index contributed by atoms with van der Waals surface area (Å²) in [5, 5.41) is 0. The van der Waals surface area contributed by atoms with Crippen molar-refractivity contribution >= 4 is 6.29 Å². The minimum Gasteiger partial charge on any atom is -0.457 e. The number of halogens is 1. The second-order valence-electron chi connectivity index (χ2n) is 4.30. The molecule has 0 saturated heterocycles. The SMILES string of the molecule is CCCc1ccc(Oc2ccc(F)cc2C=O)cc1. The topological polar surface area (TPSA) is 26.3 Å². The number of aryl methyl sites for hydroxylation is 1. The van der Waals surface area contributed by atoms with Gasteiger partial charge in [0.2, 0.25) is 0 Å². The van der Waals surface area contributed by atoms with Crippen LogP contribution in [0.25, 0.3) is 0 Å². The Balaban J connectivity index is 2.18. The van der Waals surface area contributed by atoms with Gasteiger partial charge in [-0.05, 0) is 42.3 Å². The van der Waals surface area contributed by atoms with Crippen LogP contribution >= 0.6 is 0 Å². The zero-order valence-corrected chi connectivity index (χ0v) is 10.7. The quantitative estimate of drug-likeness (QED) is 0.744. The van der Waals surface area contributed by atoms with Gasteiger partial charge < -0.3 is 4.74 Å². The third kappa shape index (κ3) is 3.41. The second kappa shape index (κ2) is 6.14. The van der Waals surface area contributed by atoms with E-state index in [2.05, 4.69) is 6.92 Å². The van der Waals surface area contributed by atoms with E-state index in [1.807, 2.05) is 24.3 Å². The lowest BCUT2D eigenvalue weighted by molar-refractivity contribution is 0.112. The van der Waals surface area contributed by atoms with Crippen LogP contribution in [0.5, 0.6) is 11.5 Å². The van der Waals surface area contributed by atoms with E-state index in [4.69, 9.17) is 4.74 Å². The summed E-state index contributed by atoms with van der Waals surface area (Å²) in [4.78, 5) is 10.9. The first-order chi connectivity index (χ1) is 9.22. The highest BCUT2D eigenvalue weighted by atomic mass is 19.1. The monoisotopic (exact) mass is 258 g/mol. The molecule has 0 N–H and O–H groups in total. The molecule has 0 radical (unpaired) electrons.